The first-order chi connectivity index (χ1) is 16.4. The molecule has 3 rings (SSSR count). The van der Waals surface area contributed by atoms with Gasteiger partial charge in [-0.3, -0.25) is 9.59 Å². The van der Waals surface area contributed by atoms with Gasteiger partial charge < -0.3 is 10.2 Å². The summed E-state index contributed by atoms with van der Waals surface area (Å²) >= 11 is 0. The molecule has 0 bridgehead atoms. The number of benzene rings is 3. The van der Waals surface area contributed by atoms with Crippen LogP contribution in [0.5, 0.6) is 0 Å². The minimum Gasteiger partial charge on any atom is -0.352 e. The normalized spacial score (nSPS) is 12.7. The van der Waals surface area contributed by atoms with E-state index in [-0.39, 0.29) is 42.6 Å². The van der Waals surface area contributed by atoms with E-state index in [1.165, 1.54) is 12.1 Å². The third-order valence-corrected chi connectivity index (χ3v) is 6.22. The second-order valence-corrected chi connectivity index (χ2v) is 8.72. The number of halogens is 1. The van der Waals surface area contributed by atoms with Crippen LogP contribution in [0, 0.1) is 5.82 Å². The maximum atomic E-state index is 13.7. The van der Waals surface area contributed by atoms with Gasteiger partial charge in [0.25, 0.3) is 0 Å². The summed E-state index contributed by atoms with van der Waals surface area (Å²) in [6.45, 7) is 5.92. The van der Waals surface area contributed by atoms with Crippen molar-refractivity contribution in [3.05, 3.63) is 107 Å². The summed E-state index contributed by atoms with van der Waals surface area (Å²) in [7, 11) is 0. The molecule has 0 aliphatic heterocycles. The predicted octanol–water partition coefficient (Wildman–Crippen LogP) is 5.68. The Kier molecular flexibility index (Phi) is 8.97. The Hall–Kier alpha value is -3.47. The molecule has 0 aliphatic carbocycles. The molecular formula is C29H33FN2O2. The van der Waals surface area contributed by atoms with Crippen molar-refractivity contribution in [3.63, 3.8) is 0 Å². The third-order valence-electron chi connectivity index (χ3n) is 6.22. The van der Waals surface area contributed by atoms with E-state index in [4.69, 9.17) is 0 Å². The van der Waals surface area contributed by atoms with Crippen molar-refractivity contribution in [1.82, 2.24) is 10.2 Å². The second kappa shape index (κ2) is 12.1. The Balaban J connectivity index is 1.90. The minimum absolute atomic E-state index is 0.0131. The molecule has 2 amide bonds. The molecule has 0 unspecified atom stereocenters. The number of carbonyl (C=O) groups is 2. The largest absolute Gasteiger partial charge is 0.352 e. The molecule has 0 fully saturated rings. The number of hydrogen-bond donors (Lipinski definition) is 1. The standard InChI is InChI=1S/C29H33FN2O2/c1-4-21(2)31-29(34)22(3)32(20-23-15-17-26(30)18-16-23)28(33)19-27(24-11-7-5-8-12-24)25-13-9-6-10-14-25/h5-18,21-22,27H,4,19-20H2,1-3H3,(H,31,34)/t21-,22-/m1/s1. The molecule has 0 heterocycles. The number of nitrogens with one attached hydrogen (secondary N) is 1. The maximum Gasteiger partial charge on any atom is 0.242 e. The smallest absolute Gasteiger partial charge is 0.242 e. The lowest BCUT2D eigenvalue weighted by Gasteiger charge is -2.31. The zero-order valence-corrected chi connectivity index (χ0v) is 20.1. The number of amides is 2. The van der Waals surface area contributed by atoms with Crippen molar-refractivity contribution in [2.24, 2.45) is 0 Å². The lowest BCUT2D eigenvalue weighted by Crippen LogP contribution is -2.49. The molecule has 3 aromatic carbocycles. The average molecular weight is 461 g/mol. The van der Waals surface area contributed by atoms with Gasteiger partial charge in [-0.05, 0) is 49.1 Å². The van der Waals surface area contributed by atoms with Gasteiger partial charge in [-0.1, -0.05) is 79.7 Å². The first-order valence-corrected chi connectivity index (χ1v) is 11.8. The summed E-state index contributed by atoms with van der Waals surface area (Å²) in [6.07, 6.45) is 1.02. The number of nitrogens with zero attached hydrogens (tertiary/aromatic N) is 1. The molecule has 178 valence electrons. The van der Waals surface area contributed by atoms with Crippen molar-refractivity contribution in [2.75, 3.05) is 0 Å². The van der Waals surface area contributed by atoms with Crippen molar-refractivity contribution < 1.29 is 14.0 Å². The van der Waals surface area contributed by atoms with Crippen LogP contribution in [0.25, 0.3) is 0 Å². The van der Waals surface area contributed by atoms with Crippen LogP contribution in [-0.4, -0.2) is 28.8 Å². The average Bonchev–Trinajstić information content (AvgIpc) is 2.87. The highest BCUT2D eigenvalue weighted by atomic mass is 19.1. The molecule has 0 saturated heterocycles. The van der Waals surface area contributed by atoms with Gasteiger partial charge in [0, 0.05) is 24.9 Å². The van der Waals surface area contributed by atoms with Gasteiger partial charge in [0.05, 0.1) is 0 Å². The fraction of sp³-hybridized carbons (Fsp3) is 0.310. The lowest BCUT2D eigenvalue weighted by molar-refractivity contribution is -0.141. The minimum atomic E-state index is -0.668. The highest BCUT2D eigenvalue weighted by molar-refractivity contribution is 5.88. The molecule has 0 aliphatic rings. The van der Waals surface area contributed by atoms with E-state index in [2.05, 4.69) is 5.32 Å². The van der Waals surface area contributed by atoms with E-state index in [1.807, 2.05) is 74.5 Å². The van der Waals surface area contributed by atoms with Crippen LogP contribution in [0.1, 0.15) is 56.2 Å². The molecule has 5 heteroatoms. The summed E-state index contributed by atoms with van der Waals surface area (Å²) in [5.74, 6) is -0.803. The Morgan fingerprint density at radius 1 is 0.853 bits per heavy atom. The summed E-state index contributed by atoms with van der Waals surface area (Å²) in [4.78, 5) is 28.3. The number of rotatable bonds is 10. The van der Waals surface area contributed by atoms with Crippen molar-refractivity contribution in [1.29, 1.82) is 0 Å². The second-order valence-electron chi connectivity index (χ2n) is 8.72. The third kappa shape index (κ3) is 6.77. The number of carbonyl (C=O) groups excluding carboxylic acids is 2. The molecule has 1 N–H and O–H groups in total. The molecule has 0 aromatic heterocycles. The summed E-state index contributed by atoms with van der Waals surface area (Å²) < 4.78 is 13.5. The van der Waals surface area contributed by atoms with Crippen LogP contribution in [0.2, 0.25) is 0 Å². The highest BCUT2D eigenvalue weighted by Crippen LogP contribution is 2.29. The fourth-order valence-corrected chi connectivity index (χ4v) is 3.93. The summed E-state index contributed by atoms with van der Waals surface area (Å²) in [6, 6.07) is 25.3. The number of hydrogen-bond acceptors (Lipinski definition) is 2. The van der Waals surface area contributed by atoms with Crippen LogP contribution >= 0.6 is 0 Å². The van der Waals surface area contributed by atoms with Crippen LogP contribution < -0.4 is 5.32 Å². The van der Waals surface area contributed by atoms with E-state index in [0.717, 1.165) is 23.1 Å². The molecule has 3 aromatic rings. The van der Waals surface area contributed by atoms with E-state index in [9.17, 15) is 14.0 Å². The fourth-order valence-electron chi connectivity index (χ4n) is 3.93. The predicted molar refractivity (Wildman–Crippen MR) is 134 cm³/mol. The van der Waals surface area contributed by atoms with Crippen LogP contribution in [0.15, 0.2) is 84.9 Å². The maximum absolute atomic E-state index is 13.7. The Morgan fingerprint density at radius 2 is 1.38 bits per heavy atom. The van der Waals surface area contributed by atoms with Crippen molar-refractivity contribution in [2.45, 2.75) is 58.2 Å². The van der Waals surface area contributed by atoms with Crippen molar-refractivity contribution >= 4 is 11.8 Å². The van der Waals surface area contributed by atoms with Gasteiger partial charge in [0.2, 0.25) is 11.8 Å². The quantitative estimate of drug-likeness (QED) is 0.423. The lowest BCUT2D eigenvalue weighted by atomic mass is 9.88. The monoisotopic (exact) mass is 460 g/mol. The van der Waals surface area contributed by atoms with Crippen LogP contribution in [-0.2, 0) is 16.1 Å². The topological polar surface area (TPSA) is 49.4 Å². The van der Waals surface area contributed by atoms with Gasteiger partial charge >= 0.3 is 0 Å². The van der Waals surface area contributed by atoms with Gasteiger partial charge in [-0.2, -0.15) is 0 Å². The van der Waals surface area contributed by atoms with Gasteiger partial charge in [-0.25, -0.2) is 4.39 Å². The van der Waals surface area contributed by atoms with Gasteiger partial charge in [0.1, 0.15) is 11.9 Å². The van der Waals surface area contributed by atoms with E-state index < -0.39 is 6.04 Å². The van der Waals surface area contributed by atoms with Crippen LogP contribution in [0.3, 0.4) is 0 Å². The van der Waals surface area contributed by atoms with Gasteiger partial charge in [-0.15, -0.1) is 0 Å². The Bertz CT molecular complexity index is 1020. The van der Waals surface area contributed by atoms with E-state index in [1.54, 1.807) is 24.0 Å². The molecule has 0 radical (unpaired) electrons. The Morgan fingerprint density at radius 3 is 1.88 bits per heavy atom. The van der Waals surface area contributed by atoms with Gasteiger partial charge in [0.15, 0.2) is 0 Å². The molecular weight excluding hydrogens is 427 g/mol. The zero-order chi connectivity index (χ0) is 24.5. The first-order valence-electron chi connectivity index (χ1n) is 11.8. The first kappa shape index (κ1) is 25.2. The van der Waals surface area contributed by atoms with E-state index >= 15 is 0 Å². The Labute approximate surface area is 201 Å². The highest BCUT2D eigenvalue weighted by Gasteiger charge is 2.29. The molecule has 2 atom stereocenters. The molecule has 0 spiro atoms. The zero-order valence-electron chi connectivity index (χ0n) is 20.1. The molecule has 4 nitrogen and oxygen atoms in total. The van der Waals surface area contributed by atoms with E-state index in [0.29, 0.717) is 0 Å². The molecule has 0 saturated carbocycles. The van der Waals surface area contributed by atoms with Crippen LogP contribution in [0.4, 0.5) is 4.39 Å². The summed E-state index contributed by atoms with van der Waals surface area (Å²) in [5, 5.41) is 2.98. The molecule has 34 heavy (non-hydrogen) atoms. The SMILES string of the molecule is CC[C@@H](C)NC(=O)[C@@H](C)N(Cc1ccc(F)cc1)C(=O)CC(c1ccccc1)c1ccccc1. The summed E-state index contributed by atoms with van der Waals surface area (Å²) in [5.41, 5.74) is 2.86. The van der Waals surface area contributed by atoms with Crippen molar-refractivity contribution in [3.8, 4) is 0 Å².